The molecule has 0 aliphatic heterocycles. The highest BCUT2D eigenvalue weighted by molar-refractivity contribution is 9.09. The Balaban J connectivity index is 2.11. The lowest BCUT2D eigenvalue weighted by Gasteiger charge is -2.15. The predicted molar refractivity (Wildman–Crippen MR) is 63.4 cm³/mol. The largest absolute Gasteiger partial charge is 0.0891 e. The van der Waals surface area contributed by atoms with Crippen LogP contribution in [0.1, 0.15) is 64.7 Å². The molecule has 0 aromatic rings. The van der Waals surface area contributed by atoms with E-state index in [9.17, 15) is 0 Å². The molecule has 1 fully saturated rings. The van der Waals surface area contributed by atoms with Crippen LogP contribution in [-0.2, 0) is 0 Å². The zero-order chi connectivity index (χ0) is 9.52. The number of hydrogen-bond acceptors (Lipinski definition) is 0. The van der Waals surface area contributed by atoms with Gasteiger partial charge in [0.25, 0.3) is 0 Å². The first-order valence-electron chi connectivity index (χ1n) is 5.97. The molecule has 0 spiro atoms. The molecular formula is C12H23Br. The Kier molecular flexibility index (Phi) is 6.10. The summed E-state index contributed by atoms with van der Waals surface area (Å²) in [5, 5.41) is 0. The molecule has 1 saturated carbocycles. The van der Waals surface area contributed by atoms with Gasteiger partial charge in [-0.15, -0.1) is 0 Å². The molecule has 1 unspecified atom stereocenters. The second kappa shape index (κ2) is 6.86. The van der Waals surface area contributed by atoms with E-state index in [2.05, 4.69) is 22.9 Å². The lowest BCUT2D eigenvalue weighted by molar-refractivity contribution is 0.413. The molecular weight excluding hydrogens is 224 g/mol. The molecule has 0 N–H and O–H groups in total. The summed E-state index contributed by atoms with van der Waals surface area (Å²) in [6.07, 6.45) is 13.1. The standard InChI is InChI=1S/C12H23Br/c1-2-12(13)10-9-11-7-5-3-4-6-8-11/h11-12H,2-10H2,1H3. The van der Waals surface area contributed by atoms with Crippen LogP contribution < -0.4 is 0 Å². The molecule has 0 saturated heterocycles. The molecule has 1 heteroatoms. The lowest BCUT2D eigenvalue weighted by Crippen LogP contribution is -2.03. The molecule has 1 aliphatic rings. The SMILES string of the molecule is CCC(Br)CCC1CCCCCC1. The van der Waals surface area contributed by atoms with Crippen molar-refractivity contribution in [3.8, 4) is 0 Å². The lowest BCUT2D eigenvalue weighted by atomic mass is 9.94. The Morgan fingerprint density at radius 2 is 1.77 bits per heavy atom. The third-order valence-electron chi connectivity index (χ3n) is 3.31. The van der Waals surface area contributed by atoms with Crippen molar-refractivity contribution < 1.29 is 0 Å². The molecule has 1 aliphatic carbocycles. The number of alkyl halides is 1. The summed E-state index contributed by atoms with van der Waals surface area (Å²) in [6.45, 7) is 2.27. The van der Waals surface area contributed by atoms with Gasteiger partial charge in [0.15, 0.2) is 0 Å². The van der Waals surface area contributed by atoms with E-state index in [0.717, 1.165) is 10.7 Å². The van der Waals surface area contributed by atoms with Crippen molar-refractivity contribution in [2.45, 2.75) is 69.5 Å². The zero-order valence-corrected chi connectivity index (χ0v) is 10.5. The summed E-state index contributed by atoms with van der Waals surface area (Å²) in [4.78, 5) is 0.774. The van der Waals surface area contributed by atoms with E-state index in [0.29, 0.717) is 0 Å². The topological polar surface area (TPSA) is 0 Å². The smallest absolute Gasteiger partial charge is 0.0143 e. The van der Waals surface area contributed by atoms with Crippen molar-refractivity contribution in [1.29, 1.82) is 0 Å². The van der Waals surface area contributed by atoms with Crippen LogP contribution in [0.4, 0.5) is 0 Å². The van der Waals surface area contributed by atoms with Crippen molar-refractivity contribution in [3.63, 3.8) is 0 Å². The van der Waals surface area contributed by atoms with Gasteiger partial charge in [-0.25, -0.2) is 0 Å². The summed E-state index contributed by atoms with van der Waals surface area (Å²) >= 11 is 3.72. The van der Waals surface area contributed by atoms with Crippen LogP contribution in [-0.4, -0.2) is 4.83 Å². The molecule has 0 radical (unpaired) electrons. The maximum Gasteiger partial charge on any atom is 0.0143 e. The van der Waals surface area contributed by atoms with E-state index in [1.54, 1.807) is 0 Å². The second-order valence-corrected chi connectivity index (χ2v) is 5.74. The first kappa shape index (κ1) is 11.6. The molecule has 0 aromatic heterocycles. The van der Waals surface area contributed by atoms with Crippen molar-refractivity contribution in [2.75, 3.05) is 0 Å². The molecule has 0 bridgehead atoms. The summed E-state index contributed by atoms with van der Waals surface area (Å²) < 4.78 is 0. The summed E-state index contributed by atoms with van der Waals surface area (Å²) in [7, 11) is 0. The third-order valence-corrected chi connectivity index (χ3v) is 4.41. The molecule has 1 atom stereocenters. The molecule has 0 amide bonds. The van der Waals surface area contributed by atoms with Crippen LogP contribution in [0.2, 0.25) is 0 Å². The van der Waals surface area contributed by atoms with Gasteiger partial charge in [-0.2, -0.15) is 0 Å². The fourth-order valence-corrected chi connectivity index (χ4v) is 2.54. The van der Waals surface area contributed by atoms with E-state index in [1.165, 1.54) is 57.8 Å². The van der Waals surface area contributed by atoms with E-state index in [4.69, 9.17) is 0 Å². The van der Waals surface area contributed by atoms with Gasteiger partial charge in [0.1, 0.15) is 0 Å². The van der Waals surface area contributed by atoms with Crippen LogP contribution in [0.25, 0.3) is 0 Å². The highest BCUT2D eigenvalue weighted by Gasteiger charge is 2.13. The van der Waals surface area contributed by atoms with Crippen LogP contribution in [0, 0.1) is 5.92 Å². The Morgan fingerprint density at radius 1 is 1.15 bits per heavy atom. The molecule has 1 rings (SSSR count). The molecule has 0 nitrogen and oxygen atoms in total. The summed E-state index contributed by atoms with van der Waals surface area (Å²) in [5.74, 6) is 1.05. The summed E-state index contributed by atoms with van der Waals surface area (Å²) in [6, 6.07) is 0. The molecule has 78 valence electrons. The average molecular weight is 247 g/mol. The van der Waals surface area contributed by atoms with Gasteiger partial charge in [-0.3, -0.25) is 0 Å². The van der Waals surface area contributed by atoms with Crippen LogP contribution in [0.3, 0.4) is 0 Å². The van der Waals surface area contributed by atoms with E-state index >= 15 is 0 Å². The number of rotatable bonds is 4. The Labute approximate surface area is 91.6 Å². The number of hydrogen-bond donors (Lipinski definition) is 0. The first-order chi connectivity index (χ1) is 6.33. The maximum absolute atomic E-state index is 3.72. The van der Waals surface area contributed by atoms with E-state index in [-0.39, 0.29) is 0 Å². The fourth-order valence-electron chi connectivity index (χ4n) is 2.27. The Bertz CT molecular complexity index is 114. The van der Waals surface area contributed by atoms with Crippen molar-refractivity contribution in [2.24, 2.45) is 5.92 Å². The van der Waals surface area contributed by atoms with Crippen LogP contribution in [0.15, 0.2) is 0 Å². The fraction of sp³-hybridized carbons (Fsp3) is 1.00. The van der Waals surface area contributed by atoms with Gasteiger partial charge in [0.05, 0.1) is 0 Å². The average Bonchev–Trinajstić information content (AvgIpc) is 2.42. The van der Waals surface area contributed by atoms with Crippen LogP contribution >= 0.6 is 15.9 Å². The van der Waals surface area contributed by atoms with Crippen molar-refractivity contribution in [3.05, 3.63) is 0 Å². The van der Waals surface area contributed by atoms with Crippen molar-refractivity contribution >= 4 is 15.9 Å². The third kappa shape index (κ3) is 5.05. The minimum absolute atomic E-state index is 0.774. The molecule has 13 heavy (non-hydrogen) atoms. The van der Waals surface area contributed by atoms with Gasteiger partial charge in [0.2, 0.25) is 0 Å². The highest BCUT2D eigenvalue weighted by Crippen LogP contribution is 2.28. The first-order valence-corrected chi connectivity index (χ1v) is 6.88. The van der Waals surface area contributed by atoms with Crippen molar-refractivity contribution in [1.82, 2.24) is 0 Å². The van der Waals surface area contributed by atoms with Crippen LogP contribution in [0.5, 0.6) is 0 Å². The van der Waals surface area contributed by atoms with Gasteiger partial charge < -0.3 is 0 Å². The normalized spacial score (nSPS) is 22.6. The minimum atomic E-state index is 0.774. The molecule has 0 heterocycles. The monoisotopic (exact) mass is 246 g/mol. The van der Waals surface area contributed by atoms with E-state index < -0.39 is 0 Å². The Hall–Kier alpha value is 0.480. The van der Waals surface area contributed by atoms with E-state index in [1.807, 2.05) is 0 Å². The van der Waals surface area contributed by atoms with Gasteiger partial charge in [-0.1, -0.05) is 61.4 Å². The Morgan fingerprint density at radius 3 is 2.31 bits per heavy atom. The second-order valence-electron chi connectivity index (χ2n) is 4.44. The van der Waals surface area contributed by atoms with Gasteiger partial charge in [-0.05, 0) is 25.2 Å². The maximum atomic E-state index is 3.72. The minimum Gasteiger partial charge on any atom is -0.0891 e. The quantitative estimate of drug-likeness (QED) is 0.489. The zero-order valence-electron chi connectivity index (χ0n) is 8.90. The van der Waals surface area contributed by atoms with Gasteiger partial charge >= 0.3 is 0 Å². The predicted octanol–water partition coefficient (Wildman–Crippen LogP) is 4.91. The summed E-state index contributed by atoms with van der Waals surface area (Å²) in [5.41, 5.74) is 0. The van der Waals surface area contributed by atoms with Gasteiger partial charge in [0, 0.05) is 4.83 Å². The molecule has 0 aromatic carbocycles. The highest BCUT2D eigenvalue weighted by atomic mass is 79.9. The number of halogens is 1.